The monoisotopic (exact) mass is 327 g/mol. The first-order valence-electron chi connectivity index (χ1n) is 8.86. The Morgan fingerprint density at radius 2 is 1.50 bits per heavy atom. The van der Waals surface area contributed by atoms with Gasteiger partial charge in [0.1, 0.15) is 11.5 Å². The van der Waals surface area contributed by atoms with Crippen molar-refractivity contribution in [2.24, 2.45) is 5.92 Å². The average molecular weight is 327 g/mol. The minimum atomic E-state index is 0.542. The maximum atomic E-state index is 5.70. The van der Waals surface area contributed by atoms with Crippen LogP contribution in [0.3, 0.4) is 0 Å². The molecule has 0 aliphatic carbocycles. The molecule has 2 rings (SSSR count). The van der Waals surface area contributed by atoms with Crippen LogP contribution in [-0.2, 0) is 6.54 Å². The Kier molecular flexibility index (Phi) is 7.47. The molecule has 0 amide bonds. The van der Waals surface area contributed by atoms with Crippen LogP contribution in [0.4, 0.5) is 5.69 Å². The summed E-state index contributed by atoms with van der Waals surface area (Å²) in [6.07, 6.45) is 2.25. The molecular weight excluding hydrogens is 298 g/mol. The lowest BCUT2D eigenvalue weighted by Crippen LogP contribution is -2.04. The van der Waals surface area contributed by atoms with Crippen molar-refractivity contribution in [1.82, 2.24) is 0 Å². The molecule has 0 radical (unpaired) electrons. The zero-order chi connectivity index (χ0) is 17.2. The first kappa shape index (κ1) is 18.2. The molecule has 0 saturated carbocycles. The van der Waals surface area contributed by atoms with Crippen LogP contribution in [0.25, 0.3) is 0 Å². The van der Waals surface area contributed by atoms with Gasteiger partial charge in [0.2, 0.25) is 0 Å². The maximum Gasteiger partial charge on any atom is 0.119 e. The summed E-state index contributed by atoms with van der Waals surface area (Å²) in [4.78, 5) is 0. The number of benzene rings is 2. The van der Waals surface area contributed by atoms with E-state index >= 15 is 0 Å². The second-order valence-electron chi connectivity index (χ2n) is 6.43. The Labute approximate surface area is 146 Å². The van der Waals surface area contributed by atoms with Crippen LogP contribution in [0.2, 0.25) is 0 Å². The van der Waals surface area contributed by atoms with Crippen LogP contribution in [0.15, 0.2) is 48.5 Å². The van der Waals surface area contributed by atoms with Gasteiger partial charge in [-0.3, -0.25) is 0 Å². The molecule has 0 bridgehead atoms. The fraction of sp³-hybridized carbons (Fsp3) is 0.429. The van der Waals surface area contributed by atoms with E-state index in [9.17, 15) is 0 Å². The van der Waals surface area contributed by atoms with Crippen LogP contribution in [0, 0.1) is 5.92 Å². The number of rotatable bonds is 10. The predicted octanol–water partition coefficient (Wildman–Crippen LogP) is 5.51. The lowest BCUT2D eigenvalue weighted by molar-refractivity contribution is 0.271. The zero-order valence-corrected chi connectivity index (χ0v) is 15.0. The maximum absolute atomic E-state index is 5.70. The minimum absolute atomic E-state index is 0.542. The lowest BCUT2D eigenvalue weighted by Gasteiger charge is -2.11. The first-order valence-corrected chi connectivity index (χ1v) is 8.86. The van der Waals surface area contributed by atoms with Crippen LogP contribution < -0.4 is 14.8 Å². The van der Waals surface area contributed by atoms with Crippen molar-refractivity contribution in [3.63, 3.8) is 0 Å². The van der Waals surface area contributed by atoms with Crippen LogP contribution in [0.5, 0.6) is 11.5 Å². The summed E-state index contributed by atoms with van der Waals surface area (Å²) in [5, 5.41) is 3.43. The number of ether oxygens (including phenoxy) is 2. The standard InChI is InChI=1S/C21H29NO2/c1-4-5-14-23-20-12-8-19(9-13-20)22-15-18-6-10-21(11-7-18)24-16-17(2)3/h6-13,17,22H,4-5,14-16H2,1-3H3. The Morgan fingerprint density at radius 3 is 2.12 bits per heavy atom. The molecule has 3 nitrogen and oxygen atoms in total. The van der Waals surface area contributed by atoms with Crippen molar-refractivity contribution in [2.45, 2.75) is 40.2 Å². The third-order valence-corrected chi connectivity index (χ3v) is 3.62. The normalized spacial score (nSPS) is 10.7. The van der Waals surface area contributed by atoms with E-state index in [1.165, 1.54) is 5.56 Å². The number of nitrogens with one attached hydrogen (secondary N) is 1. The van der Waals surface area contributed by atoms with Gasteiger partial charge in [-0.15, -0.1) is 0 Å². The van der Waals surface area contributed by atoms with Crippen LogP contribution >= 0.6 is 0 Å². The fourth-order valence-electron chi connectivity index (χ4n) is 2.17. The summed E-state index contributed by atoms with van der Waals surface area (Å²) >= 11 is 0. The van der Waals surface area contributed by atoms with E-state index in [0.717, 1.165) is 49.8 Å². The van der Waals surface area contributed by atoms with Crippen molar-refractivity contribution in [3.8, 4) is 11.5 Å². The molecule has 2 aromatic carbocycles. The Balaban J connectivity index is 1.78. The van der Waals surface area contributed by atoms with Crippen LogP contribution in [-0.4, -0.2) is 13.2 Å². The van der Waals surface area contributed by atoms with E-state index in [-0.39, 0.29) is 0 Å². The van der Waals surface area contributed by atoms with Gasteiger partial charge in [0, 0.05) is 12.2 Å². The third kappa shape index (κ3) is 6.53. The topological polar surface area (TPSA) is 30.5 Å². The largest absolute Gasteiger partial charge is 0.494 e. The van der Waals surface area contributed by atoms with Gasteiger partial charge < -0.3 is 14.8 Å². The molecule has 0 heterocycles. The molecule has 0 aromatic heterocycles. The van der Waals surface area contributed by atoms with E-state index in [1.54, 1.807) is 0 Å². The van der Waals surface area contributed by atoms with Crippen molar-refractivity contribution in [2.75, 3.05) is 18.5 Å². The van der Waals surface area contributed by atoms with Gasteiger partial charge in [-0.1, -0.05) is 39.3 Å². The molecular formula is C21H29NO2. The molecule has 0 spiro atoms. The quantitative estimate of drug-likeness (QED) is 0.583. The molecule has 0 unspecified atom stereocenters. The van der Waals surface area contributed by atoms with Gasteiger partial charge >= 0.3 is 0 Å². The van der Waals surface area contributed by atoms with Crippen molar-refractivity contribution < 1.29 is 9.47 Å². The molecule has 0 aliphatic rings. The van der Waals surface area contributed by atoms with Crippen molar-refractivity contribution in [3.05, 3.63) is 54.1 Å². The second kappa shape index (κ2) is 9.86. The summed E-state index contributed by atoms with van der Waals surface area (Å²) < 4.78 is 11.4. The summed E-state index contributed by atoms with van der Waals surface area (Å²) in [6.45, 7) is 8.80. The van der Waals surface area contributed by atoms with Gasteiger partial charge in [-0.25, -0.2) is 0 Å². The molecule has 1 N–H and O–H groups in total. The number of hydrogen-bond acceptors (Lipinski definition) is 3. The predicted molar refractivity (Wildman–Crippen MR) is 101 cm³/mol. The minimum Gasteiger partial charge on any atom is -0.494 e. The average Bonchev–Trinajstić information content (AvgIpc) is 2.60. The third-order valence-electron chi connectivity index (χ3n) is 3.62. The molecule has 24 heavy (non-hydrogen) atoms. The molecule has 0 fully saturated rings. The molecule has 3 heteroatoms. The van der Waals surface area contributed by atoms with E-state index in [0.29, 0.717) is 5.92 Å². The summed E-state index contributed by atoms with van der Waals surface area (Å²) in [5.74, 6) is 2.40. The van der Waals surface area contributed by atoms with Gasteiger partial charge in [-0.2, -0.15) is 0 Å². The van der Waals surface area contributed by atoms with Gasteiger partial charge in [-0.05, 0) is 54.3 Å². The molecule has 130 valence electrons. The number of anilines is 1. The highest BCUT2D eigenvalue weighted by atomic mass is 16.5. The summed E-state index contributed by atoms with van der Waals surface area (Å²) in [5.41, 5.74) is 2.33. The van der Waals surface area contributed by atoms with Gasteiger partial charge in [0.25, 0.3) is 0 Å². The Bertz CT molecular complexity index is 576. The molecule has 0 atom stereocenters. The lowest BCUT2D eigenvalue weighted by atomic mass is 10.2. The van der Waals surface area contributed by atoms with Crippen molar-refractivity contribution >= 4 is 5.69 Å². The van der Waals surface area contributed by atoms with E-state index in [1.807, 2.05) is 24.3 Å². The Morgan fingerprint density at radius 1 is 0.875 bits per heavy atom. The SMILES string of the molecule is CCCCOc1ccc(NCc2ccc(OCC(C)C)cc2)cc1. The highest BCUT2D eigenvalue weighted by Gasteiger charge is 1.99. The first-order chi connectivity index (χ1) is 11.7. The highest BCUT2D eigenvalue weighted by Crippen LogP contribution is 2.18. The second-order valence-corrected chi connectivity index (χ2v) is 6.43. The fourth-order valence-corrected chi connectivity index (χ4v) is 2.17. The van der Waals surface area contributed by atoms with Gasteiger partial charge in [0.05, 0.1) is 13.2 Å². The molecule has 0 saturated heterocycles. The smallest absolute Gasteiger partial charge is 0.119 e. The Hall–Kier alpha value is -2.16. The van der Waals surface area contributed by atoms with Crippen molar-refractivity contribution in [1.29, 1.82) is 0 Å². The van der Waals surface area contributed by atoms with E-state index in [4.69, 9.17) is 9.47 Å². The summed E-state index contributed by atoms with van der Waals surface area (Å²) in [6, 6.07) is 16.4. The number of unbranched alkanes of at least 4 members (excludes halogenated alkanes) is 1. The van der Waals surface area contributed by atoms with Crippen LogP contribution in [0.1, 0.15) is 39.2 Å². The van der Waals surface area contributed by atoms with E-state index in [2.05, 4.69) is 50.4 Å². The zero-order valence-electron chi connectivity index (χ0n) is 15.0. The van der Waals surface area contributed by atoms with Gasteiger partial charge in [0.15, 0.2) is 0 Å². The summed E-state index contributed by atoms with van der Waals surface area (Å²) in [7, 11) is 0. The number of hydrogen-bond donors (Lipinski definition) is 1. The molecule has 0 aliphatic heterocycles. The molecule has 2 aromatic rings. The highest BCUT2D eigenvalue weighted by molar-refractivity contribution is 5.47. The van der Waals surface area contributed by atoms with E-state index < -0.39 is 0 Å².